The van der Waals surface area contributed by atoms with Crippen LogP contribution in [0.15, 0.2) is 12.4 Å². The minimum atomic E-state index is 0.101. The second kappa shape index (κ2) is 6.08. The lowest BCUT2D eigenvalue weighted by Crippen LogP contribution is -2.36. The van der Waals surface area contributed by atoms with E-state index in [1.54, 1.807) is 0 Å². The van der Waals surface area contributed by atoms with E-state index in [1.165, 1.54) is 12.8 Å². The van der Waals surface area contributed by atoms with Crippen LogP contribution in [-0.2, 0) is 6.54 Å². The van der Waals surface area contributed by atoms with Gasteiger partial charge in [0.05, 0.1) is 11.9 Å². The van der Waals surface area contributed by atoms with Gasteiger partial charge < -0.3 is 10.2 Å². The topological polar surface area (TPSA) is 41.1 Å². The van der Waals surface area contributed by atoms with Gasteiger partial charge in [0, 0.05) is 30.9 Å². The van der Waals surface area contributed by atoms with Gasteiger partial charge in [-0.2, -0.15) is 0 Å². The monoisotopic (exact) mass is 276 g/mol. The van der Waals surface area contributed by atoms with E-state index in [4.69, 9.17) is 4.98 Å². The minimum Gasteiger partial charge on any atom is -0.353 e. The Bertz CT molecular complexity index is 432. The summed E-state index contributed by atoms with van der Waals surface area (Å²) in [5.74, 6) is 1.87. The summed E-state index contributed by atoms with van der Waals surface area (Å²) in [7, 11) is 0. The number of rotatable bonds is 6. The lowest BCUT2D eigenvalue weighted by Gasteiger charge is -2.28. The molecule has 1 aromatic rings. The summed E-state index contributed by atoms with van der Waals surface area (Å²) >= 11 is 0. The predicted molar refractivity (Wildman–Crippen MR) is 83.8 cm³/mol. The van der Waals surface area contributed by atoms with Gasteiger partial charge in [-0.15, -0.1) is 0 Å². The summed E-state index contributed by atoms with van der Waals surface area (Å²) in [4.78, 5) is 11.5. The van der Waals surface area contributed by atoms with Crippen molar-refractivity contribution in [2.75, 3.05) is 11.4 Å². The zero-order valence-electron chi connectivity index (χ0n) is 13.5. The molecule has 0 aliphatic heterocycles. The number of hydrogen-bond acceptors (Lipinski definition) is 4. The van der Waals surface area contributed by atoms with Crippen molar-refractivity contribution < 1.29 is 0 Å². The van der Waals surface area contributed by atoms with Crippen molar-refractivity contribution in [3.63, 3.8) is 0 Å². The summed E-state index contributed by atoms with van der Waals surface area (Å²) in [6, 6.07) is 0.468. The Balaban J connectivity index is 2.06. The maximum Gasteiger partial charge on any atom is 0.147 e. The molecule has 0 radical (unpaired) electrons. The van der Waals surface area contributed by atoms with Crippen molar-refractivity contribution in [3.8, 4) is 0 Å². The summed E-state index contributed by atoms with van der Waals surface area (Å²) in [5.41, 5.74) is 1.11. The Kier molecular flexibility index (Phi) is 4.63. The molecule has 0 saturated heterocycles. The highest BCUT2D eigenvalue weighted by Gasteiger charge is 2.26. The highest BCUT2D eigenvalue weighted by atomic mass is 15.2. The van der Waals surface area contributed by atoms with Crippen molar-refractivity contribution in [1.29, 1.82) is 0 Å². The third-order valence-corrected chi connectivity index (χ3v) is 3.54. The smallest absolute Gasteiger partial charge is 0.147 e. The molecule has 0 bridgehead atoms. The Morgan fingerprint density at radius 1 is 1.30 bits per heavy atom. The van der Waals surface area contributed by atoms with Gasteiger partial charge in [0.15, 0.2) is 0 Å². The van der Waals surface area contributed by atoms with Crippen LogP contribution >= 0.6 is 0 Å². The minimum absolute atomic E-state index is 0.101. The highest BCUT2D eigenvalue weighted by molar-refractivity contribution is 5.38. The maximum absolute atomic E-state index is 4.78. The number of aromatic nitrogens is 2. The van der Waals surface area contributed by atoms with Gasteiger partial charge in [-0.1, -0.05) is 0 Å². The molecule has 1 fully saturated rings. The molecule has 4 heteroatoms. The fourth-order valence-electron chi connectivity index (χ4n) is 2.12. The van der Waals surface area contributed by atoms with Gasteiger partial charge in [-0.3, -0.25) is 4.98 Å². The van der Waals surface area contributed by atoms with Gasteiger partial charge in [-0.05, 0) is 53.4 Å². The summed E-state index contributed by atoms with van der Waals surface area (Å²) in [6.07, 6.45) is 6.48. The van der Waals surface area contributed by atoms with Crippen molar-refractivity contribution in [2.24, 2.45) is 5.92 Å². The molecule has 0 amide bonds. The first-order chi connectivity index (χ1) is 9.35. The third-order valence-electron chi connectivity index (χ3n) is 3.54. The zero-order chi connectivity index (χ0) is 14.8. The Morgan fingerprint density at radius 3 is 2.55 bits per heavy atom. The normalized spacial score (nSPS) is 15.7. The molecule has 1 heterocycles. The molecule has 1 saturated carbocycles. The first-order valence-electron chi connectivity index (χ1n) is 7.68. The lowest BCUT2D eigenvalue weighted by atomic mass is 10.1. The average Bonchev–Trinajstić information content (AvgIpc) is 3.16. The average molecular weight is 276 g/mol. The van der Waals surface area contributed by atoms with E-state index in [0.717, 1.165) is 30.5 Å². The van der Waals surface area contributed by atoms with E-state index in [9.17, 15) is 0 Å². The summed E-state index contributed by atoms with van der Waals surface area (Å²) < 4.78 is 0. The number of hydrogen-bond donors (Lipinski definition) is 1. The largest absolute Gasteiger partial charge is 0.353 e. The molecule has 1 aromatic heterocycles. The molecule has 1 N–H and O–H groups in total. The Labute approximate surface area is 123 Å². The summed E-state index contributed by atoms with van der Waals surface area (Å²) in [5, 5.41) is 3.47. The second-order valence-corrected chi connectivity index (χ2v) is 7.16. The SMILES string of the molecule is CC(C)N(CC1CC1)c1cncc(CNC(C)(C)C)n1. The molecule has 0 spiro atoms. The maximum atomic E-state index is 4.78. The van der Waals surface area contributed by atoms with E-state index in [1.807, 2.05) is 12.4 Å². The van der Waals surface area contributed by atoms with E-state index >= 15 is 0 Å². The molecule has 0 atom stereocenters. The second-order valence-electron chi connectivity index (χ2n) is 7.16. The molecule has 112 valence electrons. The van der Waals surface area contributed by atoms with E-state index < -0.39 is 0 Å². The molecule has 1 aliphatic carbocycles. The number of nitrogens with one attached hydrogen (secondary N) is 1. The molecular weight excluding hydrogens is 248 g/mol. The van der Waals surface area contributed by atoms with Crippen LogP contribution < -0.4 is 10.2 Å². The fraction of sp³-hybridized carbons (Fsp3) is 0.750. The lowest BCUT2D eigenvalue weighted by molar-refractivity contribution is 0.420. The van der Waals surface area contributed by atoms with Crippen LogP contribution in [-0.4, -0.2) is 28.1 Å². The van der Waals surface area contributed by atoms with Crippen LogP contribution in [0.4, 0.5) is 5.82 Å². The van der Waals surface area contributed by atoms with Crippen LogP contribution in [0.2, 0.25) is 0 Å². The van der Waals surface area contributed by atoms with E-state index in [-0.39, 0.29) is 5.54 Å². The van der Waals surface area contributed by atoms with Crippen LogP contribution in [0.3, 0.4) is 0 Å². The summed E-state index contributed by atoms with van der Waals surface area (Å²) in [6.45, 7) is 12.8. The molecule has 20 heavy (non-hydrogen) atoms. The van der Waals surface area contributed by atoms with Crippen molar-refractivity contribution in [3.05, 3.63) is 18.1 Å². The molecule has 2 rings (SSSR count). The standard InChI is InChI=1S/C16H28N4/c1-12(2)20(11-13-6-7-13)15-10-17-8-14(19-15)9-18-16(3,4)5/h8,10,12-13,18H,6-7,9,11H2,1-5H3. The van der Waals surface area contributed by atoms with Gasteiger partial charge in [0.1, 0.15) is 5.82 Å². The van der Waals surface area contributed by atoms with Crippen LogP contribution in [0, 0.1) is 5.92 Å². The van der Waals surface area contributed by atoms with Crippen molar-refractivity contribution in [2.45, 2.75) is 65.6 Å². The number of nitrogens with zero attached hydrogens (tertiary/aromatic N) is 3. The van der Waals surface area contributed by atoms with Gasteiger partial charge in [-0.25, -0.2) is 4.98 Å². The van der Waals surface area contributed by atoms with Crippen molar-refractivity contribution in [1.82, 2.24) is 15.3 Å². The zero-order valence-corrected chi connectivity index (χ0v) is 13.5. The predicted octanol–water partition coefficient (Wildman–Crippen LogP) is 2.99. The molecule has 4 nitrogen and oxygen atoms in total. The Morgan fingerprint density at radius 2 is 2.00 bits per heavy atom. The van der Waals surface area contributed by atoms with Gasteiger partial charge in [0.2, 0.25) is 0 Å². The highest BCUT2D eigenvalue weighted by Crippen LogP contribution is 2.31. The first kappa shape index (κ1) is 15.2. The molecule has 1 aliphatic rings. The number of anilines is 1. The molecule has 0 unspecified atom stereocenters. The molecule has 0 aromatic carbocycles. The Hall–Kier alpha value is -1.16. The van der Waals surface area contributed by atoms with Crippen molar-refractivity contribution >= 4 is 5.82 Å². The van der Waals surface area contributed by atoms with Crippen LogP contribution in [0.25, 0.3) is 0 Å². The van der Waals surface area contributed by atoms with E-state index in [2.05, 4.69) is 49.8 Å². The first-order valence-corrected chi connectivity index (χ1v) is 7.68. The quantitative estimate of drug-likeness (QED) is 0.867. The van der Waals surface area contributed by atoms with Gasteiger partial charge >= 0.3 is 0 Å². The van der Waals surface area contributed by atoms with Gasteiger partial charge in [0.25, 0.3) is 0 Å². The third kappa shape index (κ3) is 4.75. The fourth-order valence-corrected chi connectivity index (χ4v) is 2.12. The van der Waals surface area contributed by atoms with E-state index in [0.29, 0.717) is 6.04 Å². The van der Waals surface area contributed by atoms with Crippen LogP contribution in [0.5, 0.6) is 0 Å². The van der Waals surface area contributed by atoms with Crippen LogP contribution in [0.1, 0.15) is 53.2 Å². The molecular formula is C16H28N4.